The van der Waals surface area contributed by atoms with Gasteiger partial charge in [-0.25, -0.2) is 4.79 Å². The molecule has 0 amide bonds. The zero-order valence-corrected chi connectivity index (χ0v) is 7.78. The van der Waals surface area contributed by atoms with E-state index in [0.29, 0.717) is 17.9 Å². The van der Waals surface area contributed by atoms with E-state index in [4.69, 9.17) is 15.6 Å². The Bertz CT molecular complexity index is 401. The van der Waals surface area contributed by atoms with E-state index in [1.807, 2.05) is 6.92 Å². The van der Waals surface area contributed by atoms with Gasteiger partial charge in [0, 0.05) is 5.56 Å². The molecule has 1 aliphatic rings. The van der Waals surface area contributed by atoms with Crippen LogP contribution < -0.4 is 10.5 Å². The van der Waals surface area contributed by atoms with E-state index in [2.05, 4.69) is 0 Å². The standard InChI is InChI=1S/C10H11NO3/c1-5-2-3-6(10(12)13)8-7(11)4-14-9(5)8/h2-3,7H,4,11H2,1H3,(H,12,13)/t7-/m1/s1. The highest BCUT2D eigenvalue weighted by Crippen LogP contribution is 2.36. The van der Waals surface area contributed by atoms with Crippen LogP contribution in [0.3, 0.4) is 0 Å². The number of carboxylic acid groups (broad SMARTS) is 1. The Morgan fingerprint density at radius 3 is 3.00 bits per heavy atom. The Balaban J connectivity index is 2.66. The minimum atomic E-state index is -0.956. The third kappa shape index (κ3) is 1.15. The summed E-state index contributed by atoms with van der Waals surface area (Å²) in [6.07, 6.45) is 0. The van der Waals surface area contributed by atoms with Crippen molar-refractivity contribution in [1.29, 1.82) is 0 Å². The van der Waals surface area contributed by atoms with Crippen LogP contribution >= 0.6 is 0 Å². The second-order valence-corrected chi connectivity index (χ2v) is 3.40. The van der Waals surface area contributed by atoms with Gasteiger partial charge < -0.3 is 15.6 Å². The van der Waals surface area contributed by atoms with Crippen molar-refractivity contribution in [3.63, 3.8) is 0 Å². The summed E-state index contributed by atoms with van der Waals surface area (Å²) in [4.78, 5) is 10.9. The van der Waals surface area contributed by atoms with Crippen molar-refractivity contribution < 1.29 is 14.6 Å². The zero-order chi connectivity index (χ0) is 10.3. The van der Waals surface area contributed by atoms with Crippen molar-refractivity contribution in [1.82, 2.24) is 0 Å². The first-order valence-electron chi connectivity index (χ1n) is 4.36. The first-order chi connectivity index (χ1) is 6.61. The van der Waals surface area contributed by atoms with Gasteiger partial charge in [-0.15, -0.1) is 0 Å². The maximum Gasteiger partial charge on any atom is 0.336 e. The average molecular weight is 193 g/mol. The van der Waals surface area contributed by atoms with Gasteiger partial charge in [0.25, 0.3) is 0 Å². The van der Waals surface area contributed by atoms with Gasteiger partial charge in [-0.1, -0.05) is 6.07 Å². The lowest BCUT2D eigenvalue weighted by molar-refractivity contribution is 0.0695. The number of ether oxygens (including phenoxy) is 1. The molecule has 0 saturated carbocycles. The summed E-state index contributed by atoms with van der Waals surface area (Å²) < 4.78 is 5.34. The third-order valence-corrected chi connectivity index (χ3v) is 2.40. The molecule has 74 valence electrons. The van der Waals surface area contributed by atoms with E-state index < -0.39 is 5.97 Å². The van der Waals surface area contributed by atoms with E-state index >= 15 is 0 Å². The lowest BCUT2D eigenvalue weighted by Gasteiger charge is -2.07. The number of fused-ring (bicyclic) bond motifs is 1. The first kappa shape index (κ1) is 9.02. The van der Waals surface area contributed by atoms with Crippen molar-refractivity contribution in [3.8, 4) is 5.75 Å². The zero-order valence-electron chi connectivity index (χ0n) is 7.78. The molecule has 0 fully saturated rings. The molecule has 0 saturated heterocycles. The van der Waals surface area contributed by atoms with Crippen LogP contribution in [0.15, 0.2) is 12.1 Å². The fraction of sp³-hybridized carbons (Fsp3) is 0.300. The van der Waals surface area contributed by atoms with E-state index in [0.717, 1.165) is 5.56 Å². The van der Waals surface area contributed by atoms with Crippen LogP contribution in [0.1, 0.15) is 27.5 Å². The number of carbonyl (C=O) groups is 1. The van der Waals surface area contributed by atoms with Crippen LogP contribution in [0.25, 0.3) is 0 Å². The first-order valence-corrected chi connectivity index (χ1v) is 4.36. The molecule has 0 bridgehead atoms. The van der Waals surface area contributed by atoms with Gasteiger partial charge in [0.05, 0.1) is 11.6 Å². The van der Waals surface area contributed by atoms with Crippen molar-refractivity contribution in [2.45, 2.75) is 13.0 Å². The molecule has 1 aliphatic heterocycles. The molecule has 0 aliphatic carbocycles. The average Bonchev–Trinajstić information content (AvgIpc) is 2.50. The van der Waals surface area contributed by atoms with Crippen LogP contribution in [0.2, 0.25) is 0 Å². The fourth-order valence-corrected chi connectivity index (χ4v) is 1.71. The number of aromatic carboxylic acids is 1. The Hall–Kier alpha value is -1.55. The van der Waals surface area contributed by atoms with Gasteiger partial charge in [0.1, 0.15) is 12.4 Å². The molecule has 0 aromatic heterocycles. The highest BCUT2D eigenvalue weighted by Gasteiger charge is 2.27. The van der Waals surface area contributed by atoms with Crippen LogP contribution in [0.5, 0.6) is 5.75 Å². The SMILES string of the molecule is Cc1ccc(C(=O)O)c2c1OC[C@H]2N. The van der Waals surface area contributed by atoms with Crippen molar-refractivity contribution in [2.75, 3.05) is 6.61 Å². The Kier molecular flexibility index (Phi) is 1.93. The molecule has 14 heavy (non-hydrogen) atoms. The third-order valence-electron chi connectivity index (χ3n) is 2.40. The highest BCUT2D eigenvalue weighted by atomic mass is 16.5. The topological polar surface area (TPSA) is 72.5 Å². The van der Waals surface area contributed by atoms with E-state index in [9.17, 15) is 4.79 Å². The van der Waals surface area contributed by atoms with Gasteiger partial charge in [-0.05, 0) is 18.6 Å². The van der Waals surface area contributed by atoms with E-state index in [-0.39, 0.29) is 11.6 Å². The Morgan fingerprint density at radius 1 is 1.64 bits per heavy atom. The maximum absolute atomic E-state index is 10.9. The summed E-state index contributed by atoms with van der Waals surface area (Å²) in [5.74, 6) is -0.320. The summed E-state index contributed by atoms with van der Waals surface area (Å²) in [5.41, 5.74) is 7.56. The van der Waals surface area contributed by atoms with Crippen molar-refractivity contribution >= 4 is 5.97 Å². The summed E-state index contributed by atoms with van der Waals surface area (Å²) in [6, 6.07) is 2.99. The van der Waals surface area contributed by atoms with E-state index in [1.165, 1.54) is 0 Å². The fourth-order valence-electron chi connectivity index (χ4n) is 1.71. The lowest BCUT2D eigenvalue weighted by Crippen LogP contribution is -2.14. The van der Waals surface area contributed by atoms with Crippen LogP contribution in [-0.2, 0) is 0 Å². The largest absolute Gasteiger partial charge is 0.491 e. The second-order valence-electron chi connectivity index (χ2n) is 3.40. The minimum Gasteiger partial charge on any atom is -0.491 e. The van der Waals surface area contributed by atoms with E-state index in [1.54, 1.807) is 12.1 Å². The van der Waals surface area contributed by atoms with Crippen molar-refractivity contribution in [2.24, 2.45) is 5.73 Å². The number of carboxylic acids is 1. The smallest absolute Gasteiger partial charge is 0.336 e. The summed E-state index contributed by atoms with van der Waals surface area (Å²) >= 11 is 0. The number of nitrogens with two attached hydrogens (primary N) is 1. The van der Waals surface area contributed by atoms with Gasteiger partial charge in [0.2, 0.25) is 0 Å². The van der Waals surface area contributed by atoms with Crippen molar-refractivity contribution in [3.05, 3.63) is 28.8 Å². The number of hydrogen-bond acceptors (Lipinski definition) is 3. The molecule has 0 unspecified atom stereocenters. The quantitative estimate of drug-likeness (QED) is 0.700. The molecule has 0 radical (unpaired) electrons. The van der Waals surface area contributed by atoms with Crippen LogP contribution in [0, 0.1) is 6.92 Å². The molecule has 4 nitrogen and oxygen atoms in total. The monoisotopic (exact) mass is 193 g/mol. The molecule has 0 spiro atoms. The second kappa shape index (κ2) is 2.99. The minimum absolute atomic E-state index is 0.246. The highest BCUT2D eigenvalue weighted by molar-refractivity contribution is 5.91. The van der Waals surface area contributed by atoms with Gasteiger partial charge in [0.15, 0.2) is 0 Å². The number of rotatable bonds is 1. The normalized spacial score (nSPS) is 18.9. The molecule has 1 atom stereocenters. The Labute approximate surface area is 81.3 Å². The predicted molar refractivity (Wildman–Crippen MR) is 50.6 cm³/mol. The Morgan fingerprint density at radius 2 is 2.36 bits per heavy atom. The molecule has 1 heterocycles. The number of aryl methyl sites for hydroxylation is 1. The maximum atomic E-state index is 10.9. The summed E-state index contributed by atoms with van der Waals surface area (Å²) in [6.45, 7) is 2.24. The summed E-state index contributed by atoms with van der Waals surface area (Å²) in [7, 11) is 0. The molecule has 1 aromatic rings. The van der Waals surface area contributed by atoms with Crippen LogP contribution in [0.4, 0.5) is 0 Å². The van der Waals surface area contributed by atoms with Gasteiger partial charge >= 0.3 is 5.97 Å². The molecule has 2 rings (SSSR count). The molecular formula is C10H11NO3. The molecular weight excluding hydrogens is 182 g/mol. The number of benzene rings is 1. The molecule has 4 heteroatoms. The van der Waals surface area contributed by atoms with Gasteiger partial charge in [-0.3, -0.25) is 0 Å². The predicted octanol–water partition coefficient (Wildman–Crippen LogP) is 1.09. The molecule has 1 aromatic carbocycles. The van der Waals surface area contributed by atoms with Crippen LogP contribution in [-0.4, -0.2) is 17.7 Å². The number of hydrogen-bond donors (Lipinski definition) is 2. The lowest BCUT2D eigenvalue weighted by atomic mass is 9.99. The van der Waals surface area contributed by atoms with Gasteiger partial charge in [-0.2, -0.15) is 0 Å². The molecule has 3 N–H and O–H groups in total. The summed E-state index contributed by atoms with van der Waals surface area (Å²) in [5, 5.41) is 8.95.